The van der Waals surface area contributed by atoms with Gasteiger partial charge < -0.3 is 14.8 Å². The van der Waals surface area contributed by atoms with E-state index in [0.717, 1.165) is 25.7 Å². The number of piperidine rings is 1. The average molecular weight is 497 g/mol. The van der Waals surface area contributed by atoms with Gasteiger partial charge in [0.1, 0.15) is 22.3 Å². The van der Waals surface area contributed by atoms with E-state index >= 15 is 0 Å². The summed E-state index contributed by atoms with van der Waals surface area (Å²) in [5.74, 6) is -3.77. The maximum atomic E-state index is 14.2. The molecule has 8 nitrogen and oxygen atoms in total. The molecule has 1 heterocycles. The van der Waals surface area contributed by atoms with Crippen molar-refractivity contribution in [2.45, 2.75) is 25.2 Å². The maximum absolute atomic E-state index is 14.2. The zero-order valence-corrected chi connectivity index (χ0v) is 20.0. The molecule has 1 fully saturated rings. The molecule has 0 radical (unpaired) electrons. The fourth-order valence-electron chi connectivity index (χ4n) is 4.07. The van der Waals surface area contributed by atoms with Gasteiger partial charge in [-0.1, -0.05) is 13.8 Å². The van der Waals surface area contributed by atoms with Crippen molar-refractivity contribution >= 4 is 27.6 Å². The van der Waals surface area contributed by atoms with Gasteiger partial charge in [-0.15, -0.1) is 0 Å². The van der Waals surface area contributed by atoms with Gasteiger partial charge in [-0.3, -0.25) is 4.79 Å². The van der Waals surface area contributed by atoms with Gasteiger partial charge in [-0.2, -0.15) is 4.31 Å². The third kappa shape index (κ3) is 5.20. The van der Waals surface area contributed by atoms with Crippen molar-refractivity contribution in [1.29, 1.82) is 0 Å². The summed E-state index contributed by atoms with van der Waals surface area (Å²) in [4.78, 5) is 24.3. The van der Waals surface area contributed by atoms with Gasteiger partial charge in [-0.25, -0.2) is 22.0 Å². The van der Waals surface area contributed by atoms with Crippen molar-refractivity contribution in [1.82, 2.24) is 4.31 Å². The second kappa shape index (κ2) is 10.1. The van der Waals surface area contributed by atoms with Crippen LogP contribution in [-0.4, -0.2) is 51.9 Å². The van der Waals surface area contributed by atoms with E-state index in [2.05, 4.69) is 10.1 Å². The number of methoxy groups -OCH3 is 2. The van der Waals surface area contributed by atoms with Crippen LogP contribution < -0.4 is 10.1 Å². The number of esters is 1. The van der Waals surface area contributed by atoms with Crippen LogP contribution in [0, 0.1) is 23.5 Å². The smallest absolute Gasteiger partial charge is 0.340 e. The minimum absolute atomic E-state index is 0.0587. The lowest BCUT2D eigenvalue weighted by Gasteiger charge is -2.34. The molecule has 0 bridgehead atoms. The molecule has 0 saturated carbocycles. The highest BCUT2D eigenvalue weighted by molar-refractivity contribution is 7.89. The standard InChI is InChI=1S/C23H26F2N2O6S/c1-13-7-14(2)12-27(11-13)34(30,31)21-8-15(5-6-20(21)32-3)22(28)26-19-9-16(23(29)33-4)17(24)10-18(19)25/h5-6,8-10,13-14H,7,11-12H2,1-4H3,(H,26,28). The number of carbonyl (C=O) groups is 2. The Hall–Kier alpha value is -3.05. The van der Waals surface area contributed by atoms with Crippen LogP contribution in [0.4, 0.5) is 14.5 Å². The van der Waals surface area contributed by atoms with E-state index in [-0.39, 0.29) is 28.0 Å². The van der Waals surface area contributed by atoms with Gasteiger partial charge in [0.25, 0.3) is 5.91 Å². The molecule has 1 saturated heterocycles. The highest BCUT2D eigenvalue weighted by atomic mass is 32.2. The molecule has 0 spiro atoms. The van der Waals surface area contributed by atoms with E-state index in [9.17, 15) is 26.8 Å². The fourth-order valence-corrected chi connectivity index (χ4v) is 5.93. The van der Waals surface area contributed by atoms with Gasteiger partial charge >= 0.3 is 5.97 Å². The van der Waals surface area contributed by atoms with Crippen molar-refractivity contribution in [2.24, 2.45) is 11.8 Å². The Morgan fingerprint density at radius 2 is 1.68 bits per heavy atom. The lowest BCUT2D eigenvalue weighted by molar-refractivity contribution is 0.0595. The molecular weight excluding hydrogens is 470 g/mol. The number of carbonyl (C=O) groups excluding carboxylic acids is 2. The van der Waals surface area contributed by atoms with Crippen molar-refractivity contribution in [3.8, 4) is 5.75 Å². The Balaban J connectivity index is 1.96. The summed E-state index contributed by atoms with van der Waals surface area (Å²) in [6.07, 6.45) is 0.905. The van der Waals surface area contributed by atoms with Gasteiger partial charge in [-0.05, 0) is 42.5 Å². The summed E-state index contributed by atoms with van der Waals surface area (Å²) >= 11 is 0. The number of hydrogen-bond acceptors (Lipinski definition) is 6. The number of ether oxygens (including phenoxy) is 2. The van der Waals surface area contributed by atoms with Crippen LogP contribution in [0.25, 0.3) is 0 Å². The van der Waals surface area contributed by atoms with E-state index in [1.807, 2.05) is 13.8 Å². The van der Waals surface area contributed by atoms with E-state index in [4.69, 9.17) is 4.74 Å². The largest absolute Gasteiger partial charge is 0.495 e. The maximum Gasteiger partial charge on any atom is 0.340 e. The topological polar surface area (TPSA) is 102 Å². The van der Waals surface area contributed by atoms with Crippen LogP contribution in [0.5, 0.6) is 5.75 Å². The molecule has 0 aliphatic carbocycles. The minimum Gasteiger partial charge on any atom is -0.495 e. The second-order valence-corrected chi connectivity index (χ2v) is 10.3. The molecule has 1 N–H and O–H groups in total. The summed E-state index contributed by atoms with van der Waals surface area (Å²) in [6.45, 7) is 4.62. The predicted molar refractivity (Wildman–Crippen MR) is 120 cm³/mol. The lowest BCUT2D eigenvalue weighted by Crippen LogP contribution is -2.42. The number of anilines is 1. The number of amides is 1. The number of sulfonamides is 1. The van der Waals surface area contributed by atoms with Crippen LogP contribution in [0.1, 0.15) is 41.0 Å². The SMILES string of the molecule is COC(=O)c1cc(NC(=O)c2ccc(OC)c(S(=O)(=O)N3CC(C)CC(C)C3)c2)c(F)cc1F. The van der Waals surface area contributed by atoms with Gasteiger partial charge in [0.2, 0.25) is 10.0 Å². The van der Waals surface area contributed by atoms with Crippen LogP contribution in [0.2, 0.25) is 0 Å². The second-order valence-electron chi connectivity index (χ2n) is 8.39. The molecule has 2 aromatic rings. The van der Waals surface area contributed by atoms with Crippen molar-refractivity contribution in [2.75, 3.05) is 32.6 Å². The molecule has 3 rings (SSSR count). The first kappa shape index (κ1) is 25.6. The van der Waals surface area contributed by atoms with Crippen LogP contribution in [0.3, 0.4) is 0 Å². The molecule has 34 heavy (non-hydrogen) atoms. The van der Waals surface area contributed by atoms with Gasteiger partial charge in [0, 0.05) is 24.7 Å². The third-order valence-corrected chi connectivity index (χ3v) is 7.44. The van der Waals surface area contributed by atoms with Crippen LogP contribution in [-0.2, 0) is 14.8 Å². The van der Waals surface area contributed by atoms with Gasteiger partial charge in [0.15, 0.2) is 0 Å². The first-order valence-corrected chi connectivity index (χ1v) is 12.0. The Kier molecular flexibility index (Phi) is 7.57. The van der Waals surface area contributed by atoms with Crippen LogP contribution in [0.15, 0.2) is 35.2 Å². The van der Waals surface area contributed by atoms with E-state index < -0.39 is 44.8 Å². The molecule has 11 heteroatoms. The average Bonchev–Trinajstić information content (AvgIpc) is 2.79. The predicted octanol–water partition coefficient (Wildman–Crippen LogP) is 3.68. The summed E-state index contributed by atoms with van der Waals surface area (Å²) in [6, 6.07) is 5.06. The number of halogens is 2. The normalized spacial score (nSPS) is 18.9. The molecule has 1 aliphatic rings. The summed E-state index contributed by atoms with van der Waals surface area (Å²) < 4.78 is 66.0. The zero-order chi connectivity index (χ0) is 25.2. The van der Waals surface area contributed by atoms with Crippen molar-refractivity contribution in [3.63, 3.8) is 0 Å². The summed E-state index contributed by atoms with van der Waals surface area (Å²) in [5.41, 5.74) is -1.13. The first-order chi connectivity index (χ1) is 16.0. The molecule has 1 aliphatic heterocycles. The minimum atomic E-state index is -3.99. The number of nitrogens with one attached hydrogen (secondary N) is 1. The number of hydrogen-bond donors (Lipinski definition) is 1. The highest BCUT2D eigenvalue weighted by Crippen LogP contribution is 2.32. The Morgan fingerprint density at radius 3 is 2.26 bits per heavy atom. The Labute approximate surface area is 196 Å². The number of rotatable bonds is 6. The summed E-state index contributed by atoms with van der Waals surface area (Å²) in [7, 11) is -1.64. The Bertz CT molecular complexity index is 1210. The monoisotopic (exact) mass is 496 g/mol. The van der Waals surface area contributed by atoms with Crippen LogP contribution >= 0.6 is 0 Å². The highest BCUT2D eigenvalue weighted by Gasteiger charge is 2.34. The van der Waals surface area contributed by atoms with Crippen molar-refractivity contribution < 1.29 is 36.3 Å². The molecule has 2 atom stereocenters. The molecule has 184 valence electrons. The lowest BCUT2D eigenvalue weighted by atomic mass is 9.94. The number of nitrogens with zero attached hydrogens (tertiary/aromatic N) is 1. The zero-order valence-electron chi connectivity index (χ0n) is 19.2. The summed E-state index contributed by atoms with van der Waals surface area (Å²) in [5, 5.41) is 2.25. The van der Waals surface area contributed by atoms with E-state index in [1.165, 1.54) is 23.5 Å². The molecule has 0 aromatic heterocycles. The van der Waals surface area contributed by atoms with E-state index in [0.29, 0.717) is 19.2 Å². The molecular formula is C23H26F2N2O6S. The first-order valence-electron chi connectivity index (χ1n) is 10.5. The quantitative estimate of drug-likeness (QED) is 0.613. The molecule has 2 aromatic carbocycles. The number of benzene rings is 2. The van der Waals surface area contributed by atoms with Gasteiger partial charge in [0.05, 0.1) is 25.5 Å². The Morgan fingerprint density at radius 1 is 1.03 bits per heavy atom. The fraction of sp³-hybridized carbons (Fsp3) is 0.391. The van der Waals surface area contributed by atoms with Crippen molar-refractivity contribution in [3.05, 3.63) is 53.1 Å². The molecule has 2 unspecified atom stereocenters. The third-order valence-electron chi connectivity index (χ3n) is 5.59. The van der Waals surface area contributed by atoms with E-state index in [1.54, 1.807) is 0 Å². The molecule has 1 amide bonds.